The normalized spacial score (nSPS) is 13.2. The molecular formula is C14H22N2OS. The molecule has 18 heavy (non-hydrogen) atoms. The number of aryl methyl sites for hydroxylation is 1. The molecule has 1 N–H and O–H groups in total. The maximum atomic E-state index is 12.0. The number of thioether (sulfide) groups is 1. The molecule has 0 spiro atoms. The first kappa shape index (κ1) is 15.0. The van der Waals surface area contributed by atoms with Gasteiger partial charge in [-0.25, -0.2) is 4.98 Å². The third-order valence-corrected chi connectivity index (χ3v) is 3.95. The van der Waals surface area contributed by atoms with E-state index in [0.29, 0.717) is 0 Å². The van der Waals surface area contributed by atoms with Gasteiger partial charge in [0.25, 0.3) is 0 Å². The van der Waals surface area contributed by atoms with Crippen molar-refractivity contribution >= 4 is 17.7 Å². The Labute approximate surface area is 114 Å². The van der Waals surface area contributed by atoms with Crippen LogP contribution in [-0.4, -0.2) is 21.7 Å². The van der Waals surface area contributed by atoms with Gasteiger partial charge in [-0.1, -0.05) is 24.8 Å². The summed E-state index contributed by atoms with van der Waals surface area (Å²) in [7, 11) is 0. The van der Waals surface area contributed by atoms with Crippen LogP contribution in [0.25, 0.3) is 0 Å². The van der Waals surface area contributed by atoms with Crippen LogP contribution in [0.4, 0.5) is 0 Å². The summed E-state index contributed by atoms with van der Waals surface area (Å²) in [6, 6.07) is 3.96. The van der Waals surface area contributed by atoms with Crippen LogP contribution in [0.5, 0.6) is 0 Å². The Bertz CT molecular complexity index is 401. The molecule has 1 heterocycles. The quantitative estimate of drug-likeness (QED) is 0.832. The van der Waals surface area contributed by atoms with Crippen LogP contribution >= 0.6 is 11.8 Å². The molecule has 0 radical (unpaired) electrons. The fourth-order valence-electron chi connectivity index (χ4n) is 1.28. The summed E-state index contributed by atoms with van der Waals surface area (Å²) in [5, 5.41) is 3.80. The maximum absolute atomic E-state index is 12.0. The van der Waals surface area contributed by atoms with Gasteiger partial charge in [0.2, 0.25) is 5.91 Å². The second-order valence-corrected chi connectivity index (χ2v) is 6.52. The van der Waals surface area contributed by atoms with Crippen molar-refractivity contribution in [2.75, 3.05) is 0 Å². The van der Waals surface area contributed by atoms with Crippen LogP contribution < -0.4 is 5.32 Å². The second kappa shape index (κ2) is 6.23. The van der Waals surface area contributed by atoms with Crippen LogP contribution in [-0.2, 0) is 4.79 Å². The molecule has 0 aliphatic carbocycles. The molecule has 0 saturated carbocycles. The molecule has 4 heteroatoms. The summed E-state index contributed by atoms with van der Waals surface area (Å²) < 4.78 is 0. The Morgan fingerprint density at radius 3 is 2.67 bits per heavy atom. The number of hydrogen-bond acceptors (Lipinski definition) is 3. The minimum absolute atomic E-state index is 0.0641. The number of nitrogens with one attached hydrogen (secondary N) is 1. The SMILES string of the molecule is CCC(C)(C)NC(=O)C(C)Sc1ccc(C)cn1. The van der Waals surface area contributed by atoms with E-state index < -0.39 is 0 Å². The van der Waals surface area contributed by atoms with Gasteiger partial charge in [-0.05, 0) is 45.7 Å². The molecule has 3 nitrogen and oxygen atoms in total. The van der Waals surface area contributed by atoms with E-state index in [-0.39, 0.29) is 16.7 Å². The third-order valence-electron chi connectivity index (χ3n) is 2.90. The lowest BCUT2D eigenvalue weighted by atomic mass is 10.0. The minimum Gasteiger partial charge on any atom is -0.350 e. The lowest BCUT2D eigenvalue weighted by Gasteiger charge is -2.26. The van der Waals surface area contributed by atoms with Gasteiger partial charge in [-0.3, -0.25) is 4.79 Å². The number of pyridine rings is 1. The fraction of sp³-hybridized carbons (Fsp3) is 0.571. The van der Waals surface area contributed by atoms with Crippen molar-refractivity contribution in [3.63, 3.8) is 0 Å². The summed E-state index contributed by atoms with van der Waals surface area (Å²) in [5.74, 6) is 0.0641. The van der Waals surface area contributed by atoms with Crippen LogP contribution in [0.1, 0.15) is 39.7 Å². The Kier molecular flexibility index (Phi) is 5.20. The topological polar surface area (TPSA) is 42.0 Å². The largest absolute Gasteiger partial charge is 0.350 e. The van der Waals surface area contributed by atoms with Crippen LogP contribution in [0, 0.1) is 6.92 Å². The summed E-state index contributed by atoms with van der Waals surface area (Å²) in [6.07, 6.45) is 2.74. The van der Waals surface area contributed by atoms with Crippen molar-refractivity contribution in [1.29, 1.82) is 0 Å². The second-order valence-electron chi connectivity index (χ2n) is 5.16. The fourth-order valence-corrected chi connectivity index (χ4v) is 2.07. The summed E-state index contributed by atoms with van der Waals surface area (Å²) in [5.41, 5.74) is 0.982. The van der Waals surface area contributed by atoms with E-state index in [2.05, 4.69) is 17.2 Å². The van der Waals surface area contributed by atoms with E-state index in [1.165, 1.54) is 11.8 Å². The Balaban J connectivity index is 2.57. The Hall–Kier alpha value is -1.03. The Morgan fingerprint density at radius 2 is 2.17 bits per heavy atom. The van der Waals surface area contributed by atoms with E-state index >= 15 is 0 Å². The van der Waals surface area contributed by atoms with Crippen LogP contribution in [0.15, 0.2) is 23.4 Å². The average Bonchev–Trinajstić information content (AvgIpc) is 2.31. The zero-order chi connectivity index (χ0) is 13.8. The van der Waals surface area contributed by atoms with E-state index in [1.54, 1.807) is 0 Å². The standard InChI is InChI=1S/C14H22N2OS/c1-6-14(4,5)16-13(17)11(3)18-12-8-7-10(2)9-15-12/h7-9,11H,6H2,1-5H3,(H,16,17). The van der Waals surface area contributed by atoms with Gasteiger partial charge in [0.15, 0.2) is 0 Å². The average molecular weight is 266 g/mol. The van der Waals surface area contributed by atoms with Crippen molar-refractivity contribution in [3.8, 4) is 0 Å². The van der Waals surface area contributed by atoms with Gasteiger partial charge in [-0.2, -0.15) is 0 Å². The number of hydrogen-bond donors (Lipinski definition) is 1. The molecule has 0 fully saturated rings. The van der Waals surface area contributed by atoms with Crippen molar-refractivity contribution < 1.29 is 4.79 Å². The van der Waals surface area contributed by atoms with E-state index in [0.717, 1.165) is 17.0 Å². The highest BCUT2D eigenvalue weighted by molar-refractivity contribution is 8.00. The highest BCUT2D eigenvalue weighted by Crippen LogP contribution is 2.22. The maximum Gasteiger partial charge on any atom is 0.233 e. The van der Waals surface area contributed by atoms with E-state index in [9.17, 15) is 4.79 Å². The smallest absolute Gasteiger partial charge is 0.233 e. The number of rotatable bonds is 5. The highest BCUT2D eigenvalue weighted by atomic mass is 32.2. The molecule has 1 rings (SSSR count). The van der Waals surface area contributed by atoms with Gasteiger partial charge in [-0.15, -0.1) is 0 Å². The first-order valence-corrected chi connectivity index (χ1v) is 7.13. The number of aromatic nitrogens is 1. The monoisotopic (exact) mass is 266 g/mol. The predicted octanol–water partition coefficient (Wildman–Crippen LogP) is 3.18. The number of carbonyl (C=O) groups is 1. The van der Waals surface area contributed by atoms with E-state index in [4.69, 9.17) is 0 Å². The minimum atomic E-state index is -0.146. The molecule has 1 aromatic rings. The lowest BCUT2D eigenvalue weighted by Crippen LogP contribution is -2.46. The molecule has 100 valence electrons. The first-order chi connectivity index (χ1) is 8.34. The van der Waals surface area contributed by atoms with Crippen LogP contribution in [0.3, 0.4) is 0 Å². The zero-order valence-electron chi connectivity index (χ0n) is 11.8. The highest BCUT2D eigenvalue weighted by Gasteiger charge is 2.22. The van der Waals surface area contributed by atoms with Gasteiger partial charge >= 0.3 is 0 Å². The molecule has 0 aromatic carbocycles. The van der Waals surface area contributed by atoms with Gasteiger partial charge < -0.3 is 5.32 Å². The molecule has 1 amide bonds. The Morgan fingerprint density at radius 1 is 1.50 bits per heavy atom. The molecule has 1 unspecified atom stereocenters. The van der Waals surface area contributed by atoms with Gasteiger partial charge in [0.05, 0.1) is 10.3 Å². The summed E-state index contributed by atoms with van der Waals surface area (Å²) in [4.78, 5) is 16.3. The third kappa shape index (κ3) is 4.69. The molecule has 0 aliphatic heterocycles. The van der Waals surface area contributed by atoms with Crippen molar-refractivity contribution in [1.82, 2.24) is 10.3 Å². The van der Waals surface area contributed by atoms with Crippen molar-refractivity contribution in [2.24, 2.45) is 0 Å². The molecule has 0 saturated heterocycles. The van der Waals surface area contributed by atoms with Crippen molar-refractivity contribution in [2.45, 2.75) is 56.9 Å². The molecule has 1 aromatic heterocycles. The van der Waals surface area contributed by atoms with Gasteiger partial charge in [0.1, 0.15) is 0 Å². The number of amides is 1. The first-order valence-electron chi connectivity index (χ1n) is 6.25. The van der Waals surface area contributed by atoms with E-state index in [1.807, 2.05) is 46.0 Å². The van der Waals surface area contributed by atoms with Crippen molar-refractivity contribution in [3.05, 3.63) is 23.9 Å². The molecule has 1 atom stereocenters. The summed E-state index contributed by atoms with van der Waals surface area (Å²) >= 11 is 1.49. The molecular weight excluding hydrogens is 244 g/mol. The number of nitrogens with zero attached hydrogens (tertiary/aromatic N) is 1. The predicted molar refractivity (Wildman–Crippen MR) is 76.8 cm³/mol. The van der Waals surface area contributed by atoms with Gasteiger partial charge in [0, 0.05) is 11.7 Å². The molecule has 0 aliphatic rings. The molecule has 0 bridgehead atoms. The zero-order valence-corrected chi connectivity index (χ0v) is 12.6. The van der Waals surface area contributed by atoms with Crippen LogP contribution in [0.2, 0.25) is 0 Å². The lowest BCUT2D eigenvalue weighted by molar-refractivity contribution is -0.121. The summed E-state index contributed by atoms with van der Waals surface area (Å²) in [6.45, 7) is 10.0. The number of carbonyl (C=O) groups excluding carboxylic acids is 1.